The molecule has 46 heavy (non-hydrogen) atoms. The minimum absolute atomic E-state index is 0.0158. The van der Waals surface area contributed by atoms with Gasteiger partial charge >= 0.3 is 0 Å². The van der Waals surface area contributed by atoms with Crippen LogP contribution >= 0.6 is 0 Å². The number of hydrogen-bond acceptors (Lipinski definition) is 3. The summed E-state index contributed by atoms with van der Waals surface area (Å²) in [5.74, 6) is -0.103. The SMILES string of the molecule is CCCCCCCCCCCCCCCCCCNC(=O)CC[C@@H](N)C(=O)NCCCCCCCCCCCCCCCCCC. The molecular weight excluding hydrogens is 566 g/mol. The maximum Gasteiger partial charge on any atom is 0.236 e. The first-order valence-electron chi connectivity index (χ1n) is 20.9. The number of carbonyl (C=O) groups is 2. The minimum atomic E-state index is -0.595. The summed E-state index contributed by atoms with van der Waals surface area (Å²) in [4.78, 5) is 24.4. The molecule has 5 nitrogen and oxygen atoms in total. The minimum Gasteiger partial charge on any atom is -0.356 e. The first kappa shape index (κ1) is 44.9. The Balaban J connectivity index is 3.37. The second-order valence-electron chi connectivity index (χ2n) is 14.4. The highest BCUT2D eigenvalue weighted by molar-refractivity contribution is 5.82. The van der Waals surface area contributed by atoms with Gasteiger partial charge in [0.15, 0.2) is 0 Å². The number of unbranched alkanes of at least 4 members (excludes halogenated alkanes) is 30. The summed E-state index contributed by atoms with van der Waals surface area (Å²) in [6.45, 7) is 5.99. The van der Waals surface area contributed by atoms with Gasteiger partial charge in [-0.05, 0) is 19.3 Å². The highest BCUT2D eigenvalue weighted by atomic mass is 16.2. The van der Waals surface area contributed by atoms with Gasteiger partial charge < -0.3 is 16.4 Å². The molecule has 0 saturated carbocycles. The lowest BCUT2D eigenvalue weighted by Gasteiger charge is -2.12. The topological polar surface area (TPSA) is 84.2 Å². The van der Waals surface area contributed by atoms with Gasteiger partial charge in [0.2, 0.25) is 11.8 Å². The van der Waals surface area contributed by atoms with Crippen molar-refractivity contribution in [3.63, 3.8) is 0 Å². The fraction of sp³-hybridized carbons (Fsp3) is 0.951. The van der Waals surface area contributed by atoms with E-state index in [0.717, 1.165) is 25.8 Å². The third kappa shape index (κ3) is 35.7. The van der Waals surface area contributed by atoms with Crippen molar-refractivity contribution in [2.75, 3.05) is 13.1 Å². The molecule has 0 rings (SSSR count). The van der Waals surface area contributed by atoms with Crippen LogP contribution in [-0.2, 0) is 9.59 Å². The Bertz CT molecular complexity index is 627. The average molecular weight is 650 g/mol. The lowest BCUT2D eigenvalue weighted by molar-refractivity contribution is -0.123. The molecule has 0 saturated heterocycles. The van der Waals surface area contributed by atoms with E-state index >= 15 is 0 Å². The number of carbonyl (C=O) groups excluding carboxylic acids is 2. The molecule has 5 heteroatoms. The zero-order chi connectivity index (χ0) is 33.6. The molecule has 0 radical (unpaired) electrons. The van der Waals surface area contributed by atoms with Gasteiger partial charge in [-0.15, -0.1) is 0 Å². The van der Waals surface area contributed by atoms with Crippen LogP contribution in [0.3, 0.4) is 0 Å². The third-order valence-corrected chi connectivity index (χ3v) is 9.70. The molecule has 0 fully saturated rings. The van der Waals surface area contributed by atoms with Gasteiger partial charge in [0.25, 0.3) is 0 Å². The van der Waals surface area contributed by atoms with E-state index < -0.39 is 6.04 Å². The van der Waals surface area contributed by atoms with Crippen LogP contribution in [0.5, 0.6) is 0 Å². The fourth-order valence-corrected chi connectivity index (χ4v) is 6.42. The summed E-state index contributed by atoms with van der Waals surface area (Å²) in [5, 5.41) is 5.97. The Labute approximate surface area is 288 Å². The van der Waals surface area contributed by atoms with Gasteiger partial charge in [-0.25, -0.2) is 0 Å². The Morgan fingerprint density at radius 2 is 0.674 bits per heavy atom. The van der Waals surface area contributed by atoms with Crippen LogP contribution < -0.4 is 16.4 Å². The van der Waals surface area contributed by atoms with Crippen molar-refractivity contribution in [2.24, 2.45) is 5.73 Å². The van der Waals surface area contributed by atoms with E-state index in [9.17, 15) is 9.59 Å². The molecule has 0 aromatic heterocycles. The number of nitrogens with two attached hydrogens (primary N) is 1. The molecule has 274 valence electrons. The van der Waals surface area contributed by atoms with Crippen LogP contribution in [0.1, 0.15) is 232 Å². The lowest BCUT2D eigenvalue weighted by Crippen LogP contribution is -2.41. The predicted molar refractivity (Wildman–Crippen MR) is 202 cm³/mol. The third-order valence-electron chi connectivity index (χ3n) is 9.70. The highest BCUT2D eigenvalue weighted by Gasteiger charge is 2.14. The second-order valence-corrected chi connectivity index (χ2v) is 14.4. The molecular formula is C41H83N3O2. The summed E-state index contributed by atoms with van der Waals surface area (Å²) in [6.07, 6.45) is 43.9. The molecule has 0 unspecified atom stereocenters. The second kappa shape index (κ2) is 38.3. The van der Waals surface area contributed by atoms with Crippen molar-refractivity contribution in [3.8, 4) is 0 Å². The molecule has 2 amide bonds. The largest absolute Gasteiger partial charge is 0.356 e. The van der Waals surface area contributed by atoms with E-state index in [1.54, 1.807) is 0 Å². The van der Waals surface area contributed by atoms with Gasteiger partial charge in [-0.2, -0.15) is 0 Å². The molecule has 4 N–H and O–H groups in total. The standard InChI is InChI=1S/C41H83N3O2/c1-3-5-7-9-11-13-15-17-19-21-23-25-27-29-31-33-37-43-40(45)36-35-39(42)41(46)44-38-34-32-30-28-26-24-22-20-18-16-14-12-10-8-6-4-2/h39H,3-38,42H2,1-2H3,(H,43,45)(H,44,46)/t39-/m1/s1. The van der Waals surface area contributed by atoms with Crippen molar-refractivity contribution in [3.05, 3.63) is 0 Å². The van der Waals surface area contributed by atoms with E-state index in [1.165, 1.54) is 186 Å². The first-order chi connectivity index (χ1) is 22.6. The van der Waals surface area contributed by atoms with E-state index in [2.05, 4.69) is 24.5 Å². The van der Waals surface area contributed by atoms with Gasteiger partial charge in [0.05, 0.1) is 6.04 Å². The molecule has 0 aromatic rings. The van der Waals surface area contributed by atoms with E-state index in [4.69, 9.17) is 5.73 Å². The quantitative estimate of drug-likeness (QED) is 0.0582. The molecule has 0 aliphatic carbocycles. The highest BCUT2D eigenvalue weighted by Crippen LogP contribution is 2.15. The molecule has 0 aliphatic heterocycles. The average Bonchev–Trinajstić information content (AvgIpc) is 3.06. The monoisotopic (exact) mass is 650 g/mol. The van der Waals surface area contributed by atoms with Crippen molar-refractivity contribution < 1.29 is 9.59 Å². The summed E-state index contributed by atoms with van der Waals surface area (Å²) in [7, 11) is 0. The molecule has 1 atom stereocenters. The zero-order valence-corrected chi connectivity index (χ0v) is 31.4. The van der Waals surface area contributed by atoms with Gasteiger partial charge in [-0.3, -0.25) is 9.59 Å². The van der Waals surface area contributed by atoms with Crippen molar-refractivity contribution in [2.45, 2.75) is 238 Å². The number of rotatable bonds is 38. The van der Waals surface area contributed by atoms with Crippen LogP contribution in [-0.4, -0.2) is 30.9 Å². The maximum atomic E-state index is 12.3. The normalized spacial score (nSPS) is 12.0. The summed E-state index contributed by atoms with van der Waals surface area (Å²) >= 11 is 0. The predicted octanol–water partition coefficient (Wildman–Crippen LogP) is 11.8. The van der Waals surface area contributed by atoms with Gasteiger partial charge in [0.1, 0.15) is 0 Å². The summed E-state index contributed by atoms with van der Waals surface area (Å²) in [5.41, 5.74) is 6.04. The lowest BCUT2D eigenvalue weighted by atomic mass is 10.0. The first-order valence-corrected chi connectivity index (χ1v) is 20.9. The van der Waals surface area contributed by atoms with Gasteiger partial charge in [-0.1, -0.05) is 206 Å². The van der Waals surface area contributed by atoms with Crippen LogP contribution in [0.4, 0.5) is 0 Å². The van der Waals surface area contributed by atoms with Crippen molar-refractivity contribution in [1.29, 1.82) is 0 Å². The smallest absolute Gasteiger partial charge is 0.236 e. The molecule has 0 heterocycles. The van der Waals surface area contributed by atoms with E-state index in [1.807, 2.05) is 0 Å². The Morgan fingerprint density at radius 1 is 0.413 bits per heavy atom. The zero-order valence-electron chi connectivity index (χ0n) is 31.4. The van der Waals surface area contributed by atoms with Crippen molar-refractivity contribution >= 4 is 11.8 Å². The molecule has 0 aliphatic rings. The van der Waals surface area contributed by atoms with Crippen LogP contribution in [0.25, 0.3) is 0 Å². The van der Waals surface area contributed by atoms with E-state index in [0.29, 0.717) is 19.4 Å². The number of amides is 2. The maximum absolute atomic E-state index is 12.3. The van der Waals surface area contributed by atoms with Crippen LogP contribution in [0.2, 0.25) is 0 Å². The number of hydrogen-bond donors (Lipinski definition) is 3. The molecule has 0 aromatic carbocycles. The Hall–Kier alpha value is -1.10. The summed E-state index contributed by atoms with van der Waals surface area (Å²) < 4.78 is 0. The summed E-state index contributed by atoms with van der Waals surface area (Å²) in [6, 6.07) is -0.595. The van der Waals surface area contributed by atoms with Crippen LogP contribution in [0.15, 0.2) is 0 Å². The van der Waals surface area contributed by atoms with Crippen molar-refractivity contribution in [1.82, 2.24) is 10.6 Å². The fourth-order valence-electron chi connectivity index (χ4n) is 6.42. The number of nitrogens with one attached hydrogen (secondary N) is 2. The Kier molecular flexibility index (Phi) is 37.4. The van der Waals surface area contributed by atoms with E-state index in [-0.39, 0.29) is 11.8 Å². The molecule has 0 bridgehead atoms. The van der Waals surface area contributed by atoms with Crippen LogP contribution in [0, 0.1) is 0 Å². The Morgan fingerprint density at radius 3 is 0.978 bits per heavy atom. The molecule has 0 spiro atoms. The van der Waals surface area contributed by atoms with Gasteiger partial charge in [0, 0.05) is 19.5 Å².